The lowest BCUT2D eigenvalue weighted by atomic mass is 9.73. The van der Waals surface area contributed by atoms with E-state index in [0.717, 1.165) is 24.8 Å². The van der Waals surface area contributed by atoms with Crippen LogP contribution in [0.5, 0.6) is 0 Å². The van der Waals surface area contributed by atoms with E-state index >= 15 is 0 Å². The number of hydrogen-bond donors (Lipinski definition) is 1. The van der Waals surface area contributed by atoms with Crippen molar-refractivity contribution in [3.8, 4) is 0 Å². The van der Waals surface area contributed by atoms with E-state index in [9.17, 15) is 9.18 Å². The van der Waals surface area contributed by atoms with Gasteiger partial charge >= 0.3 is 5.97 Å². The van der Waals surface area contributed by atoms with Crippen LogP contribution in [0.25, 0.3) is 0 Å². The number of halogens is 1. The normalized spacial score (nSPS) is 17.8. The number of rotatable bonds is 4. The van der Waals surface area contributed by atoms with Gasteiger partial charge in [-0.3, -0.25) is 4.79 Å². The fraction of sp³-hybridized carbons (Fsp3) is 0.462. The molecule has 86 valence electrons. The van der Waals surface area contributed by atoms with Crippen LogP contribution in [-0.2, 0) is 11.2 Å². The van der Waals surface area contributed by atoms with E-state index in [1.165, 1.54) is 12.1 Å². The van der Waals surface area contributed by atoms with Crippen molar-refractivity contribution in [1.82, 2.24) is 0 Å². The van der Waals surface area contributed by atoms with Gasteiger partial charge in [-0.1, -0.05) is 18.6 Å². The van der Waals surface area contributed by atoms with E-state index in [0.29, 0.717) is 12.3 Å². The molecule has 0 aliphatic heterocycles. The summed E-state index contributed by atoms with van der Waals surface area (Å²) < 4.78 is 12.7. The molecule has 1 aliphatic carbocycles. The average Bonchev–Trinajstić information content (AvgIpc) is 2.17. The molecule has 0 bridgehead atoms. The molecule has 1 fully saturated rings. The molecule has 1 aliphatic rings. The first-order valence-corrected chi connectivity index (χ1v) is 5.64. The van der Waals surface area contributed by atoms with E-state index in [4.69, 9.17) is 5.11 Å². The molecule has 1 aromatic rings. The minimum atomic E-state index is -0.728. The highest BCUT2D eigenvalue weighted by molar-refractivity contribution is 5.71. The summed E-state index contributed by atoms with van der Waals surface area (Å²) in [6.45, 7) is 0. The molecule has 16 heavy (non-hydrogen) atoms. The van der Waals surface area contributed by atoms with E-state index in [1.807, 2.05) is 0 Å². The van der Waals surface area contributed by atoms with Gasteiger partial charge in [0.25, 0.3) is 0 Å². The summed E-state index contributed by atoms with van der Waals surface area (Å²) in [6, 6.07) is 6.11. The molecule has 0 heterocycles. The first-order chi connectivity index (χ1) is 7.66. The Labute approximate surface area is 94.1 Å². The van der Waals surface area contributed by atoms with Gasteiger partial charge in [0.05, 0.1) is 5.92 Å². The maximum Gasteiger partial charge on any atom is 0.307 e. The third-order valence-corrected chi connectivity index (χ3v) is 3.40. The number of aliphatic carboxylic acids is 1. The van der Waals surface area contributed by atoms with Crippen molar-refractivity contribution >= 4 is 5.97 Å². The van der Waals surface area contributed by atoms with Gasteiger partial charge in [0.2, 0.25) is 0 Å². The molecule has 0 spiro atoms. The highest BCUT2D eigenvalue weighted by atomic mass is 19.1. The molecule has 3 heteroatoms. The van der Waals surface area contributed by atoms with Crippen LogP contribution >= 0.6 is 0 Å². The minimum Gasteiger partial charge on any atom is -0.481 e. The Balaban J connectivity index is 2.04. The SMILES string of the molecule is O=C(O)C(Cc1ccc(F)cc1)C1CCC1. The number of benzene rings is 1. The summed E-state index contributed by atoms with van der Waals surface area (Å²) in [5.74, 6) is -1.00. The van der Waals surface area contributed by atoms with Gasteiger partial charge in [0.1, 0.15) is 5.82 Å². The highest BCUT2D eigenvalue weighted by Crippen LogP contribution is 2.35. The molecule has 0 aromatic heterocycles. The molecule has 1 N–H and O–H groups in total. The van der Waals surface area contributed by atoms with Crippen molar-refractivity contribution in [2.75, 3.05) is 0 Å². The Bertz CT molecular complexity index is 368. The zero-order valence-electron chi connectivity index (χ0n) is 9.03. The maximum absolute atomic E-state index is 12.7. The van der Waals surface area contributed by atoms with E-state index < -0.39 is 5.97 Å². The Hall–Kier alpha value is -1.38. The van der Waals surface area contributed by atoms with Crippen LogP contribution in [0, 0.1) is 17.7 Å². The van der Waals surface area contributed by atoms with Crippen LogP contribution in [0.1, 0.15) is 24.8 Å². The van der Waals surface area contributed by atoms with Crippen molar-refractivity contribution in [1.29, 1.82) is 0 Å². The average molecular weight is 222 g/mol. The molecule has 1 aromatic carbocycles. The van der Waals surface area contributed by atoms with Crippen molar-refractivity contribution in [3.63, 3.8) is 0 Å². The largest absolute Gasteiger partial charge is 0.481 e. The smallest absolute Gasteiger partial charge is 0.307 e. The first kappa shape index (κ1) is 11.1. The summed E-state index contributed by atoms with van der Waals surface area (Å²) in [7, 11) is 0. The second-order valence-corrected chi connectivity index (χ2v) is 4.47. The number of carboxylic acids is 1. The topological polar surface area (TPSA) is 37.3 Å². The van der Waals surface area contributed by atoms with E-state index in [-0.39, 0.29) is 11.7 Å². The quantitative estimate of drug-likeness (QED) is 0.850. The van der Waals surface area contributed by atoms with Crippen molar-refractivity contribution < 1.29 is 14.3 Å². The summed E-state index contributed by atoms with van der Waals surface area (Å²) in [6.07, 6.45) is 3.68. The van der Waals surface area contributed by atoms with Crippen LogP contribution < -0.4 is 0 Å². The van der Waals surface area contributed by atoms with Gasteiger partial charge in [-0.2, -0.15) is 0 Å². The Morgan fingerprint density at radius 3 is 2.44 bits per heavy atom. The first-order valence-electron chi connectivity index (χ1n) is 5.64. The fourth-order valence-electron chi connectivity index (χ4n) is 2.17. The fourth-order valence-corrected chi connectivity index (χ4v) is 2.17. The van der Waals surface area contributed by atoms with E-state index in [2.05, 4.69) is 0 Å². The van der Waals surface area contributed by atoms with Crippen molar-refractivity contribution in [3.05, 3.63) is 35.6 Å². The van der Waals surface area contributed by atoms with Crippen LogP contribution in [0.3, 0.4) is 0 Å². The summed E-state index contributed by atoms with van der Waals surface area (Å²) in [5, 5.41) is 9.15. The monoisotopic (exact) mass is 222 g/mol. The minimum absolute atomic E-state index is 0.278. The Morgan fingerprint density at radius 2 is 2.00 bits per heavy atom. The lowest BCUT2D eigenvalue weighted by molar-refractivity contribution is -0.144. The highest BCUT2D eigenvalue weighted by Gasteiger charge is 2.32. The predicted molar refractivity (Wildman–Crippen MR) is 58.6 cm³/mol. The Kier molecular flexibility index (Phi) is 3.22. The molecule has 0 saturated heterocycles. The molecule has 1 unspecified atom stereocenters. The number of hydrogen-bond acceptors (Lipinski definition) is 1. The van der Waals surface area contributed by atoms with Gasteiger partial charge in [-0.25, -0.2) is 4.39 Å². The van der Waals surface area contributed by atoms with Gasteiger partial charge in [-0.05, 0) is 42.9 Å². The van der Waals surface area contributed by atoms with Gasteiger partial charge in [0.15, 0.2) is 0 Å². The van der Waals surface area contributed by atoms with Crippen LogP contribution in [0.15, 0.2) is 24.3 Å². The molecule has 1 atom stereocenters. The molecular formula is C13H15FO2. The van der Waals surface area contributed by atoms with Gasteiger partial charge in [-0.15, -0.1) is 0 Å². The molecule has 0 radical (unpaired) electrons. The van der Waals surface area contributed by atoms with Crippen LogP contribution in [-0.4, -0.2) is 11.1 Å². The van der Waals surface area contributed by atoms with Crippen LogP contribution in [0.2, 0.25) is 0 Å². The molecule has 2 rings (SSSR count). The lowest BCUT2D eigenvalue weighted by Crippen LogP contribution is -2.30. The van der Waals surface area contributed by atoms with Crippen molar-refractivity contribution in [2.24, 2.45) is 11.8 Å². The van der Waals surface area contributed by atoms with E-state index in [1.54, 1.807) is 12.1 Å². The van der Waals surface area contributed by atoms with Crippen LogP contribution in [0.4, 0.5) is 4.39 Å². The Morgan fingerprint density at radius 1 is 1.38 bits per heavy atom. The predicted octanol–water partition coefficient (Wildman–Crippen LogP) is 2.87. The molecule has 1 saturated carbocycles. The van der Waals surface area contributed by atoms with Crippen molar-refractivity contribution in [2.45, 2.75) is 25.7 Å². The lowest BCUT2D eigenvalue weighted by Gasteiger charge is -2.31. The zero-order valence-corrected chi connectivity index (χ0v) is 9.03. The maximum atomic E-state index is 12.7. The second-order valence-electron chi connectivity index (χ2n) is 4.47. The third-order valence-electron chi connectivity index (χ3n) is 3.40. The molecule has 0 amide bonds. The summed E-state index contributed by atoms with van der Waals surface area (Å²) in [5.41, 5.74) is 0.903. The molecular weight excluding hydrogens is 207 g/mol. The molecule has 2 nitrogen and oxygen atoms in total. The second kappa shape index (κ2) is 4.64. The summed E-state index contributed by atoms with van der Waals surface area (Å²) in [4.78, 5) is 11.1. The number of carbonyl (C=O) groups is 1. The van der Waals surface area contributed by atoms with Gasteiger partial charge in [0, 0.05) is 0 Å². The standard InChI is InChI=1S/C13H15FO2/c14-11-6-4-9(5-7-11)8-12(13(15)16)10-2-1-3-10/h4-7,10,12H,1-3,8H2,(H,15,16). The summed E-state index contributed by atoms with van der Waals surface area (Å²) >= 11 is 0. The van der Waals surface area contributed by atoms with Gasteiger partial charge < -0.3 is 5.11 Å². The number of carboxylic acid groups (broad SMARTS) is 1. The third kappa shape index (κ3) is 2.40. The zero-order chi connectivity index (χ0) is 11.5.